The second kappa shape index (κ2) is 9.46. The molecule has 1 N–H and O–H groups in total. The average molecular weight is 365 g/mol. The Morgan fingerprint density at radius 2 is 2.04 bits per heavy atom. The maximum absolute atomic E-state index is 12.3. The first-order valence-electron chi connectivity index (χ1n) is 8.26. The highest BCUT2D eigenvalue weighted by Crippen LogP contribution is 2.24. The number of hydrogen-bond donors (Lipinski definition) is 1. The van der Waals surface area contributed by atoms with Crippen molar-refractivity contribution in [1.82, 2.24) is 5.32 Å². The number of methoxy groups -OCH3 is 1. The Bertz CT molecular complexity index is 634. The van der Waals surface area contributed by atoms with E-state index in [2.05, 4.69) is 5.32 Å². The minimum absolute atomic E-state index is 0.202. The number of benzene rings is 1. The van der Waals surface area contributed by atoms with Crippen LogP contribution in [-0.4, -0.2) is 42.9 Å². The first-order chi connectivity index (χ1) is 12.0. The molecule has 0 spiro atoms. The number of amides is 1. The standard InChI is InChI=1S/C18H23NO5S/c1-12-16(18(22)23-2)19-15(20)9-5-6-10-24-17(21)14-8-4-3-7-13(14)11-25-12/h3-4,7-8,12,16H,5-6,9-11H2,1-2H3,(H,19,20). The lowest BCUT2D eigenvalue weighted by atomic mass is 10.1. The van der Waals surface area contributed by atoms with Gasteiger partial charge in [0.1, 0.15) is 6.04 Å². The van der Waals surface area contributed by atoms with Crippen molar-refractivity contribution in [3.63, 3.8) is 0 Å². The Hall–Kier alpha value is -2.02. The fraction of sp³-hybridized carbons (Fsp3) is 0.500. The molecule has 2 atom stereocenters. The average Bonchev–Trinajstić information content (AvgIpc) is 2.62. The lowest BCUT2D eigenvalue weighted by molar-refractivity contribution is -0.145. The van der Waals surface area contributed by atoms with Gasteiger partial charge in [0, 0.05) is 17.4 Å². The van der Waals surface area contributed by atoms with Gasteiger partial charge in [0.05, 0.1) is 19.3 Å². The molecule has 0 radical (unpaired) electrons. The number of hydrogen-bond acceptors (Lipinski definition) is 6. The zero-order chi connectivity index (χ0) is 18.2. The third-order valence-corrected chi connectivity index (χ3v) is 5.29. The Balaban J connectivity index is 2.22. The number of rotatable bonds is 1. The molecule has 2 rings (SSSR count). The predicted octanol–water partition coefficient (Wildman–Crippen LogP) is 2.31. The summed E-state index contributed by atoms with van der Waals surface area (Å²) in [5, 5.41) is 2.56. The molecule has 1 amide bonds. The molecule has 0 saturated carbocycles. The predicted molar refractivity (Wildman–Crippen MR) is 95.3 cm³/mol. The van der Waals surface area contributed by atoms with Crippen molar-refractivity contribution in [2.45, 2.75) is 43.2 Å². The number of nitrogens with one attached hydrogen (secondary N) is 1. The third kappa shape index (κ3) is 5.49. The van der Waals surface area contributed by atoms with Crippen molar-refractivity contribution in [2.75, 3.05) is 13.7 Å². The zero-order valence-corrected chi connectivity index (χ0v) is 15.3. The minimum Gasteiger partial charge on any atom is -0.467 e. The lowest BCUT2D eigenvalue weighted by Gasteiger charge is -2.23. The molecule has 0 aromatic heterocycles. The van der Waals surface area contributed by atoms with Crippen molar-refractivity contribution in [3.05, 3.63) is 35.4 Å². The van der Waals surface area contributed by atoms with Crippen LogP contribution in [0.1, 0.15) is 42.1 Å². The van der Waals surface area contributed by atoms with Crippen LogP contribution >= 0.6 is 11.8 Å². The van der Waals surface area contributed by atoms with E-state index in [9.17, 15) is 14.4 Å². The van der Waals surface area contributed by atoms with Gasteiger partial charge in [-0.1, -0.05) is 25.1 Å². The molecule has 1 aliphatic rings. The summed E-state index contributed by atoms with van der Waals surface area (Å²) in [5.41, 5.74) is 1.38. The summed E-state index contributed by atoms with van der Waals surface area (Å²) in [7, 11) is 1.31. The van der Waals surface area contributed by atoms with Crippen LogP contribution in [0.15, 0.2) is 24.3 Å². The smallest absolute Gasteiger partial charge is 0.338 e. The fourth-order valence-corrected chi connectivity index (χ4v) is 3.60. The molecule has 1 heterocycles. The van der Waals surface area contributed by atoms with Crippen molar-refractivity contribution < 1.29 is 23.9 Å². The van der Waals surface area contributed by atoms with Gasteiger partial charge < -0.3 is 14.8 Å². The van der Waals surface area contributed by atoms with Gasteiger partial charge in [-0.2, -0.15) is 11.8 Å². The molecule has 25 heavy (non-hydrogen) atoms. The Morgan fingerprint density at radius 1 is 1.28 bits per heavy atom. The second-order valence-electron chi connectivity index (χ2n) is 5.83. The number of esters is 2. The van der Waals surface area contributed by atoms with Crippen LogP contribution in [0.5, 0.6) is 0 Å². The summed E-state index contributed by atoms with van der Waals surface area (Å²) in [4.78, 5) is 36.3. The lowest BCUT2D eigenvalue weighted by Crippen LogP contribution is -2.47. The summed E-state index contributed by atoms with van der Waals surface area (Å²) in [6.45, 7) is 2.13. The van der Waals surface area contributed by atoms with Crippen LogP contribution < -0.4 is 5.32 Å². The van der Waals surface area contributed by atoms with E-state index in [0.29, 0.717) is 24.2 Å². The molecule has 0 fully saturated rings. The van der Waals surface area contributed by atoms with E-state index in [0.717, 1.165) is 5.56 Å². The van der Waals surface area contributed by atoms with Crippen molar-refractivity contribution in [1.29, 1.82) is 0 Å². The molecule has 1 aromatic rings. The number of carbonyl (C=O) groups is 3. The van der Waals surface area contributed by atoms with Gasteiger partial charge >= 0.3 is 11.9 Å². The Labute approximate surface area is 151 Å². The topological polar surface area (TPSA) is 81.7 Å². The molecular formula is C18H23NO5S. The number of cyclic esters (lactones) is 1. The maximum Gasteiger partial charge on any atom is 0.338 e. The summed E-state index contributed by atoms with van der Waals surface area (Å²) < 4.78 is 10.1. The highest BCUT2D eigenvalue weighted by Gasteiger charge is 2.28. The van der Waals surface area contributed by atoms with Crippen molar-refractivity contribution >= 4 is 29.6 Å². The number of fused-ring (bicyclic) bond motifs is 1. The monoisotopic (exact) mass is 365 g/mol. The molecule has 2 unspecified atom stereocenters. The van der Waals surface area contributed by atoms with Crippen molar-refractivity contribution in [3.8, 4) is 0 Å². The summed E-state index contributed by atoms with van der Waals surface area (Å²) >= 11 is 1.48. The van der Waals surface area contributed by atoms with Crippen LogP contribution in [0.4, 0.5) is 0 Å². The van der Waals surface area contributed by atoms with E-state index in [-0.39, 0.29) is 30.2 Å². The normalized spacial score (nSPS) is 22.8. The van der Waals surface area contributed by atoms with Gasteiger partial charge in [0.2, 0.25) is 5.91 Å². The summed E-state index contributed by atoms with van der Waals surface area (Å²) in [6.07, 6.45) is 1.45. The first-order valence-corrected chi connectivity index (χ1v) is 9.31. The van der Waals surface area contributed by atoms with E-state index in [1.54, 1.807) is 12.1 Å². The largest absolute Gasteiger partial charge is 0.467 e. The number of ether oxygens (including phenoxy) is 2. The van der Waals surface area contributed by atoms with E-state index < -0.39 is 12.0 Å². The van der Waals surface area contributed by atoms with Crippen LogP contribution in [0, 0.1) is 0 Å². The minimum atomic E-state index is -0.718. The van der Waals surface area contributed by atoms with Gasteiger partial charge in [-0.15, -0.1) is 0 Å². The van der Waals surface area contributed by atoms with Crippen molar-refractivity contribution in [2.24, 2.45) is 0 Å². The maximum atomic E-state index is 12.3. The van der Waals surface area contributed by atoms with Gasteiger partial charge in [-0.3, -0.25) is 4.79 Å². The molecule has 6 nitrogen and oxygen atoms in total. The van der Waals surface area contributed by atoms with E-state index in [1.807, 2.05) is 19.1 Å². The SMILES string of the molecule is COC(=O)C1NC(=O)CCCCOC(=O)c2ccccc2CSC1C. The quantitative estimate of drug-likeness (QED) is 0.769. The molecule has 0 aliphatic carbocycles. The molecular weight excluding hydrogens is 342 g/mol. The van der Waals surface area contributed by atoms with Crippen LogP contribution in [0.3, 0.4) is 0 Å². The van der Waals surface area contributed by atoms with E-state index in [4.69, 9.17) is 9.47 Å². The molecule has 1 aliphatic heterocycles. The van der Waals surface area contributed by atoms with Gasteiger partial charge in [-0.25, -0.2) is 9.59 Å². The number of carbonyl (C=O) groups excluding carboxylic acids is 3. The highest BCUT2D eigenvalue weighted by atomic mass is 32.2. The Kier molecular flexibility index (Phi) is 7.31. The van der Waals surface area contributed by atoms with Crippen LogP contribution in [0.25, 0.3) is 0 Å². The molecule has 0 saturated heterocycles. The number of thioether (sulfide) groups is 1. The summed E-state index contributed by atoms with van der Waals surface area (Å²) in [5.74, 6) is -0.495. The van der Waals surface area contributed by atoms with E-state index in [1.165, 1.54) is 18.9 Å². The molecule has 7 heteroatoms. The van der Waals surface area contributed by atoms with Crippen LogP contribution in [-0.2, 0) is 24.8 Å². The fourth-order valence-electron chi connectivity index (χ4n) is 2.53. The first kappa shape index (κ1) is 19.3. The van der Waals surface area contributed by atoms with Crippen LogP contribution in [0.2, 0.25) is 0 Å². The highest BCUT2D eigenvalue weighted by molar-refractivity contribution is 7.99. The summed E-state index contributed by atoms with van der Waals surface area (Å²) in [6, 6.07) is 6.56. The second-order valence-corrected chi connectivity index (χ2v) is 7.20. The molecule has 136 valence electrons. The van der Waals surface area contributed by atoms with E-state index >= 15 is 0 Å². The van der Waals surface area contributed by atoms with Gasteiger partial charge in [-0.05, 0) is 24.5 Å². The van der Waals surface area contributed by atoms with Gasteiger partial charge in [0.15, 0.2) is 0 Å². The van der Waals surface area contributed by atoms with Gasteiger partial charge in [0.25, 0.3) is 0 Å². The molecule has 0 bridgehead atoms. The zero-order valence-electron chi connectivity index (χ0n) is 14.4. The Morgan fingerprint density at radius 3 is 2.80 bits per heavy atom. The molecule has 1 aromatic carbocycles. The third-order valence-electron chi connectivity index (χ3n) is 4.01.